The Morgan fingerprint density at radius 2 is 1.68 bits per heavy atom. The van der Waals surface area contributed by atoms with Crippen LogP contribution in [0.5, 0.6) is 11.5 Å². The molecule has 0 unspecified atom stereocenters. The van der Waals surface area contributed by atoms with Crippen molar-refractivity contribution < 1.29 is 23.9 Å². The average molecular weight is 485 g/mol. The molecule has 0 atom stereocenters. The molecule has 34 heavy (non-hydrogen) atoms. The number of unbranched alkanes of at least 4 members (excludes halogenated alkanes) is 1. The molecule has 0 spiro atoms. The van der Waals surface area contributed by atoms with E-state index in [9.17, 15) is 14.4 Å². The van der Waals surface area contributed by atoms with Crippen LogP contribution in [-0.2, 0) is 9.59 Å². The number of benzene rings is 2. The number of hydrogen-bond acceptors (Lipinski definition) is 6. The van der Waals surface area contributed by atoms with Gasteiger partial charge in [-0.3, -0.25) is 30.6 Å². The summed E-state index contributed by atoms with van der Waals surface area (Å²) in [5.41, 5.74) is 6.56. The number of carbonyl (C=O) groups excluding carboxylic acids is 3. The second-order valence-electron chi connectivity index (χ2n) is 7.07. The lowest BCUT2D eigenvalue weighted by Gasteiger charge is -2.10. The van der Waals surface area contributed by atoms with E-state index in [-0.39, 0.29) is 11.0 Å². The lowest BCUT2D eigenvalue weighted by molar-refractivity contribution is -0.116. The maximum Gasteiger partial charge on any atom is 0.269 e. The fraction of sp³-hybridized carbons (Fsp3) is 0.250. The Hall–Kier alpha value is -3.92. The Morgan fingerprint density at radius 1 is 0.971 bits per heavy atom. The first kappa shape index (κ1) is 26.3. The number of carbonyl (C=O) groups is 3. The zero-order valence-corrected chi connectivity index (χ0v) is 20.1. The monoisotopic (exact) mass is 484 g/mol. The van der Waals surface area contributed by atoms with Crippen molar-refractivity contribution in [3.8, 4) is 11.5 Å². The van der Waals surface area contributed by atoms with E-state index in [4.69, 9.17) is 21.7 Å². The van der Waals surface area contributed by atoms with Gasteiger partial charge < -0.3 is 14.8 Å². The first-order valence-electron chi connectivity index (χ1n) is 10.6. The van der Waals surface area contributed by atoms with Crippen molar-refractivity contribution >= 4 is 46.8 Å². The fourth-order valence-electron chi connectivity index (χ4n) is 2.76. The molecule has 2 rings (SSSR count). The third-order valence-electron chi connectivity index (χ3n) is 4.55. The molecule has 2 aromatic carbocycles. The van der Waals surface area contributed by atoms with E-state index < -0.39 is 11.8 Å². The van der Waals surface area contributed by atoms with Gasteiger partial charge in [-0.15, -0.1) is 0 Å². The van der Waals surface area contributed by atoms with Gasteiger partial charge in [0.05, 0.1) is 14.2 Å². The Morgan fingerprint density at radius 3 is 2.32 bits per heavy atom. The number of nitrogens with one attached hydrogen (secondary N) is 4. The van der Waals surface area contributed by atoms with Crippen LogP contribution >= 0.6 is 12.2 Å². The molecule has 4 N–H and O–H groups in total. The summed E-state index contributed by atoms with van der Waals surface area (Å²) in [7, 11) is 3.06. The molecule has 0 heterocycles. The Kier molecular flexibility index (Phi) is 10.5. The highest BCUT2D eigenvalue weighted by molar-refractivity contribution is 7.80. The Bertz CT molecular complexity index is 1050. The predicted molar refractivity (Wildman–Crippen MR) is 135 cm³/mol. The second kappa shape index (κ2) is 13.6. The van der Waals surface area contributed by atoms with Gasteiger partial charge in [-0.25, -0.2) is 0 Å². The van der Waals surface area contributed by atoms with Gasteiger partial charge in [-0.1, -0.05) is 19.4 Å². The highest BCUT2D eigenvalue weighted by Gasteiger charge is 2.08. The number of hydrogen-bond donors (Lipinski definition) is 4. The van der Waals surface area contributed by atoms with Gasteiger partial charge >= 0.3 is 0 Å². The molecule has 0 fully saturated rings. The van der Waals surface area contributed by atoms with Crippen LogP contribution < -0.4 is 31.0 Å². The molecule has 0 radical (unpaired) electrons. The standard InChI is InChI=1S/C24H28N4O5S/c1-4-5-6-21(29)25-18-11-9-17(10-12-18)23(31)27-28-24(34)26-22(30)14-8-16-7-13-19(32-2)20(15-16)33-3/h7-15H,4-6H2,1-3H3,(H,25,29)(H,27,31)(H2,26,28,30,34)/b14-8+. The third kappa shape index (κ3) is 8.55. The van der Waals surface area contributed by atoms with Gasteiger partial charge in [0.1, 0.15) is 0 Å². The highest BCUT2D eigenvalue weighted by Crippen LogP contribution is 2.27. The number of methoxy groups -OCH3 is 2. The molecule has 0 bridgehead atoms. The minimum atomic E-state index is -0.482. The van der Waals surface area contributed by atoms with Crippen molar-refractivity contribution in [1.82, 2.24) is 16.2 Å². The van der Waals surface area contributed by atoms with E-state index in [0.717, 1.165) is 18.4 Å². The summed E-state index contributed by atoms with van der Waals surface area (Å²) in [6.07, 6.45) is 5.09. The predicted octanol–water partition coefficient (Wildman–Crippen LogP) is 3.18. The third-order valence-corrected chi connectivity index (χ3v) is 4.75. The number of rotatable bonds is 9. The zero-order valence-electron chi connectivity index (χ0n) is 19.3. The summed E-state index contributed by atoms with van der Waals surface area (Å²) in [4.78, 5) is 36.1. The minimum absolute atomic E-state index is 0.0676. The van der Waals surface area contributed by atoms with Crippen LogP contribution in [0.1, 0.15) is 42.1 Å². The summed E-state index contributed by atoms with van der Waals surface area (Å²) in [6.45, 7) is 2.02. The molecule has 0 aliphatic rings. The molecule has 3 amide bonds. The molecule has 0 saturated carbocycles. The van der Waals surface area contributed by atoms with E-state index in [1.165, 1.54) is 20.3 Å². The van der Waals surface area contributed by atoms with E-state index in [1.807, 2.05) is 6.92 Å². The quantitative estimate of drug-likeness (QED) is 0.245. The number of ether oxygens (including phenoxy) is 2. The van der Waals surface area contributed by atoms with Crippen molar-refractivity contribution in [2.75, 3.05) is 19.5 Å². The highest BCUT2D eigenvalue weighted by atomic mass is 32.1. The van der Waals surface area contributed by atoms with Gasteiger partial charge in [0, 0.05) is 23.7 Å². The molecule has 0 aliphatic carbocycles. The average Bonchev–Trinajstić information content (AvgIpc) is 2.84. The van der Waals surface area contributed by atoms with Crippen molar-refractivity contribution in [2.45, 2.75) is 26.2 Å². The normalized spacial score (nSPS) is 10.3. The molecule has 9 nitrogen and oxygen atoms in total. The number of hydrazine groups is 1. The first-order valence-corrected chi connectivity index (χ1v) is 11.0. The first-order chi connectivity index (χ1) is 16.4. The smallest absolute Gasteiger partial charge is 0.269 e. The molecule has 10 heteroatoms. The molecule has 180 valence electrons. The van der Waals surface area contributed by atoms with Crippen LogP contribution in [0.2, 0.25) is 0 Å². The number of thiocarbonyl (C=S) groups is 1. The number of amides is 3. The molecular weight excluding hydrogens is 456 g/mol. The lowest BCUT2D eigenvalue weighted by Crippen LogP contribution is -2.48. The SMILES string of the molecule is CCCCC(=O)Nc1ccc(C(=O)NNC(=S)NC(=O)/C=C/c2ccc(OC)c(OC)c2)cc1. The molecule has 2 aromatic rings. The molecule has 0 aliphatic heterocycles. The van der Waals surface area contributed by atoms with Gasteiger partial charge in [0.15, 0.2) is 16.6 Å². The summed E-state index contributed by atoms with van der Waals surface area (Å²) < 4.78 is 10.4. The van der Waals surface area contributed by atoms with Crippen molar-refractivity contribution in [3.05, 3.63) is 59.7 Å². The molecule has 0 aromatic heterocycles. The van der Waals surface area contributed by atoms with Crippen LogP contribution in [0, 0.1) is 0 Å². The van der Waals surface area contributed by atoms with E-state index >= 15 is 0 Å². The van der Waals surface area contributed by atoms with Gasteiger partial charge in [-0.2, -0.15) is 0 Å². The van der Waals surface area contributed by atoms with E-state index in [2.05, 4.69) is 21.5 Å². The molecular formula is C24H28N4O5S. The Balaban J connectivity index is 1.80. The maximum absolute atomic E-state index is 12.3. The van der Waals surface area contributed by atoms with Crippen LogP contribution in [0.25, 0.3) is 6.08 Å². The van der Waals surface area contributed by atoms with Crippen molar-refractivity contribution in [2.24, 2.45) is 0 Å². The van der Waals surface area contributed by atoms with Gasteiger partial charge in [-0.05, 0) is 66.7 Å². The summed E-state index contributed by atoms with van der Waals surface area (Å²) in [5.74, 6) is 0.112. The van der Waals surface area contributed by atoms with Crippen LogP contribution in [-0.4, -0.2) is 37.1 Å². The van der Waals surface area contributed by atoms with Crippen molar-refractivity contribution in [1.29, 1.82) is 0 Å². The maximum atomic E-state index is 12.3. The second-order valence-corrected chi connectivity index (χ2v) is 7.48. The summed E-state index contributed by atoms with van der Waals surface area (Å²) in [6, 6.07) is 11.6. The topological polar surface area (TPSA) is 118 Å². The zero-order chi connectivity index (χ0) is 24.9. The van der Waals surface area contributed by atoms with Gasteiger partial charge in [0.2, 0.25) is 11.8 Å². The lowest BCUT2D eigenvalue weighted by atomic mass is 10.2. The van der Waals surface area contributed by atoms with Crippen LogP contribution in [0.3, 0.4) is 0 Å². The van der Waals surface area contributed by atoms with Crippen LogP contribution in [0.4, 0.5) is 5.69 Å². The Labute approximate surface area is 203 Å². The number of anilines is 1. The molecule has 0 saturated heterocycles. The minimum Gasteiger partial charge on any atom is -0.493 e. The van der Waals surface area contributed by atoms with Crippen LogP contribution in [0.15, 0.2) is 48.5 Å². The summed E-state index contributed by atoms with van der Waals surface area (Å²) in [5, 5.41) is 5.13. The van der Waals surface area contributed by atoms with Crippen molar-refractivity contribution in [3.63, 3.8) is 0 Å². The fourth-order valence-corrected chi connectivity index (χ4v) is 2.92. The van der Waals surface area contributed by atoms with E-state index in [0.29, 0.717) is 29.2 Å². The van der Waals surface area contributed by atoms with Gasteiger partial charge in [0.25, 0.3) is 5.91 Å². The largest absolute Gasteiger partial charge is 0.493 e. The van der Waals surface area contributed by atoms with E-state index in [1.54, 1.807) is 48.5 Å². The summed E-state index contributed by atoms with van der Waals surface area (Å²) >= 11 is 5.03.